The van der Waals surface area contributed by atoms with Crippen LogP contribution in [0, 0.1) is 13.1 Å². The standard InChI is InChI=1S/C8H7F3NO/c1-6-2-3-12-4-7(6)13-5-8(9,10)11/h2,4H,5H2,1H3. The Kier molecular flexibility index (Phi) is 2.75. The molecule has 0 saturated carbocycles. The van der Waals surface area contributed by atoms with E-state index in [1.807, 2.05) is 0 Å². The van der Waals surface area contributed by atoms with Crippen LogP contribution in [0.5, 0.6) is 5.75 Å². The number of ether oxygens (including phenoxy) is 1. The van der Waals surface area contributed by atoms with Crippen LogP contribution in [-0.2, 0) is 0 Å². The summed E-state index contributed by atoms with van der Waals surface area (Å²) in [5.41, 5.74) is 0.583. The summed E-state index contributed by atoms with van der Waals surface area (Å²) >= 11 is 0. The lowest BCUT2D eigenvalue weighted by atomic mass is 10.3. The molecule has 0 saturated heterocycles. The molecule has 0 atom stereocenters. The van der Waals surface area contributed by atoms with Gasteiger partial charge < -0.3 is 4.74 Å². The molecule has 0 aromatic carbocycles. The predicted octanol–water partition coefficient (Wildman–Crippen LogP) is 2.13. The quantitative estimate of drug-likeness (QED) is 0.712. The second-order valence-electron chi connectivity index (χ2n) is 2.48. The molecule has 0 aliphatic rings. The van der Waals surface area contributed by atoms with Crippen molar-refractivity contribution in [2.75, 3.05) is 6.61 Å². The number of nitrogens with zero attached hydrogens (tertiary/aromatic N) is 1. The molecule has 0 amide bonds. The highest BCUT2D eigenvalue weighted by molar-refractivity contribution is 5.27. The first-order valence-corrected chi connectivity index (χ1v) is 3.51. The minimum Gasteiger partial charge on any atom is -0.482 e. The van der Waals surface area contributed by atoms with E-state index in [-0.39, 0.29) is 5.75 Å². The molecule has 0 aliphatic carbocycles. The smallest absolute Gasteiger partial charge is 0.422 e. The molecular formula is C8H7F3NO. The van der Waals surface area contributed by atoms with Gasteiger partial charge in [0.15, 0.2) is 6.61 Å². The zero-order valence-corrected chi connectivity index (χ0v) is 6.85. The number of halogens is 3. The zero-order valence-electron chi connectivity index (χ0n) is 6.85. The summed E-state index contributed by atoms with van der Waals surface area (Å²) in [5, 5.41) is 0. The molecule has 1 aromatic heterocycles. The molecule has 1 radical (unpaired) electrons. The van der Waals surface area contributed by atoms with E-state index in [1.54, 1.807) is 6.92 Å². The Morgan fingerprint density at radius 1 is 1.54 bits per heavy atom. The van der Waals surface area contributed by atoms with Gasteiger partial charge in [-0.1, -0.05) is 0 Å². The molecule has 0 unspecified atom stereocenters. The van der Waals surface area contributed by atoms with Crippen LogP contribution in [0.3, 0.4) is 0 Å². The second-order valence-corrected chi connectivity index (χ2v) is 2.48. The molecule has 1 rings (SSSR count). The lowest BCUT2D eigenvalue weighted by Gasteiger charge is -2.09. The molecular weight excluding hydrogens is 183 g/mol. The van der Waals surface area contributed by atoms with Crippen molar-refractivity contribution in [2.24, 2.45) is 0 Å². The van der Waals surface area contributed by atoms with Gasteiger partial charge in [0, 0.05) is 0 Å². The average molecular weight is 190 g/mol. The molecule has 0 spiro atoms. The number of hydrogen-bond acceptors (Lipinski definition) is 2. The Morgan fingerprint density at radius 2 is 2.23 bits per heavy atom. The summed E-state index contributed by atoms with van der Waals surface area (Å²) < 4.78 is 39.7. The Morgan fingerprint density at radius 3 is 2.77 bits per heavy atom. The zero-order chi connectivity index (χ0) is 9.90. The van der Waals surface area contributed by atoms with Crippen molar-refractivity contribution >= 4 is 0 Å². The van der Waals surface area contributed by atoms with Crippen molar-refractivity contribution in [3.05, 3.63) is 24.0 Å². The lowest BCUT2D eigenvalue weighted by molar-refractivity contribution is -0.153. The predicted molar refractivity (Wildman–Crippen MR) is 39.4 cm³/mol. The van der Waals surface area contributed by atoms with Gasteiger partial charge in [-0.3, -0.25) is 4.98 Å². The molecule has 1 aromatic rings. The summed E-state index contributed by atoms with van der Waals surface area (Å²) in [6.07, 6.45) is -0.617. The van der Waals surface area contributed by atoms with Gasteiger partial charge in [0.1, 0.15) is 5.75 Å². The highest BCUT2D eigenvalue weighted by atomic mass is 19.4. The minimum absolute atomic E-state index is 0.135. The molecule has 5 heteroatoms. The lowest BCUT2D eigenvalue weighted by Crippen LogP contribution is -2.19. The fourth-order valence-electron chi connectivity index (χ4n) is 0.714. The van der Waals surface area contributed by atoms with Gasteiger partial charge in [-0.25, -0.2) is 0 Å². The van der Waals surface area contributed by atoms with Gasteiger partial charge in [0.25, 0.3) is 0 Å². The first-order valence-electron chi connectivity index (χ1n) is 3.51. The Bertz CT molecular complexity index is 285. The van der Waals surface area contributed by atoms with Crippen LogP contribution in [0.2, 0.25) is 0 Å². The van der Waals surface area contributed by atoms with Crippen LogP contribution >= 0.6 is 0 Å². The maximum atomic E-state index is 11.7. The van der Waals surface area contributed by atoms with Gasteiger partial charge in [-0.15, -0.1) is 0 Å². The monoisotopic (exact) mass is 190 g/mol. The van der Waals surface area contributed by atoms with Crippen molar-refractivity contribution in [3.8, 4) is 5.75 Å². The first kappa shape index (κ1) is 9.83. The number of rotatable bonds is 2. The molecule has 0 fully saturated rings. The van der Waals surface area contributed by atoms with E-state index in [1.165, 1.54) is 12.3 Å². The van der Waals surface area contributed by atoms with Crippen LogP contribution in [0.25, 0.3) is 0 Å². The van der Waals surface area contributed by atoms with E-state index in [0.29, 0.717) is 5.56 Å². The van der Waals surface area contributed by atoms with Gasteiger partial charge in [-0.2, -0.15) is 13.2 Å². The number of aryl methyl sites for hydroxylation is 1. The maximum absolute atomic E-state index is 11.7. The van der Waals surface area contributed by atoms with Crippen molar-refractivity contribution < 1.29 is 17.9 Å². The van der Waals surface area contributed by atoms with E-state index >= 15 is 0 Å². The fourth-order valence-corrected chi connectivity index (χ4v) is 0.714. The van der Waals surface area contributed by atoms with E-state index in [2.05, 4.69) is 15.9 Å². The Labute approximate surface area is 73.4 Å². The molecule has 2 nitrogen and oxygen atoms in total. The fraction of sp³-hybridized carbons (Fsp3) is 0.375. The summed E-state index contributed by atoms with van der Waals surface area (Å²) in [6, 6.07) is 1.46. The van der Waals surface area contributed by atoms with Crippen molar-refractivity contribution in [1.29, 1.82) is 0 Å². The second kappa shape index (κ2) is 3.64. The van der Waals surface area contributed by atoms with Crippen molar-refractivity contribution in [1.82, 2.24) is 4.98 Å². The number of alkyl halides is 3. The third-order valence-corrected chi connectivity index (χ3v) is 1.32. The Balaban J connectivity index is 2.60. The molecule has 13 heavy (non-hydrogen) atoms. The summed E-state index contributed by atoms with van der Waals surface area (Å²) in [7, 11) is 0. The highest BCUT2D eigenvalue weighted by Gasteiger charge is 2.28. The number of hydrogen-bond donors (Lipinski definition) is 0. The van der Waals surface area contributed by atoms with E-state index in [4.69, 9.17) is 0 Å². The summed E-state index contributed by atoms with van der Waals surface area (Å²) in [5.74, 6) is 0.135. The molecule has 71 valence electrons. The largest absolute Gasteiger partial charge is 0.482 e. The van der Waals surface area contributed by atoms with Crippen LogP contribution < -0.4 is 4.74 Å². The van der Waals surface area contributed by atoms with Gasteiger partial charge in [0.05, 0.1) is 12.4 Å². The molecule has 0 N–H and O–H groups in total. The van der Waals surface area contributed by atoms with Gasteiger partial charge in [0.2, 0.25) is 0 Å². The van der Waals surface area contributed by atoms with Crippen LogP contribution in [0.4, 0.5) is 13.2 Å². The number of pyridine rings is 1. The highest BCUT2D eigenvalue weighted by Crippen LogP contribution is 2.19. The van der Waals surface area contributed by atoms with E-state index in [9.17, 15) is 13.2 Å². The number of aromatic nitrogens is 1. The third-order valence-electron chi connectivity index (χ3n) is 1.32. The topological polar surface area (TPSA) is 22.1 Å². The first-order chi connectivity index (χ1) is 5.99. The molecule has 1 heterocycles. The summed E-state index contributed by atoms with van der Waals surface area (Å²) in [4.78, 5) is 3.53. The third kappa shape index (κ3) is 3.31. The van der Waals surface area contributed by atoms with Gasteiger partial charge >= 0.3 is 6.18 Å². The van der Waals surface area contributed by atoms with Gasteiger partial charge in [-0.05, 0) is 18.6 Å². The normalized spacial score (nSPS) is 11.4. The minimum atomic E-state index is -4.31. The van der Waals surface area contributed by atoms with E-state index in [0.717, 1.165) is 0 Å². The SMILES string of the molecule is Cc1c[c]ncc1OCC(F)(F)F. The molecule has 0 bridgehead atoms. The average Bonchev–Trinajstić information content (AvgIpc) is 2.01. The Hall–Kier alpha value is -1.26. The van der Waals surface area contributed by atoms with Crippen molar-refractivity contribution in [3.63, 3.8) is 0 Å². The van der Waals surface area contributed by atoms with Crippen LogP contribution in [0.15, 0.2) is 12.3 Å². The van der Waals surface area contributed by atoms with E-state index < -0.39 is 12.8 Å². The van der Waals surface area contributed by atoms with Crippen LogP contribution in [0.1, 0.15) is 5.56 Å². The van der Waals surface area contributed by atoms with Crippen LogP contribution in [-0.4, -0.2) is 17.8 Å². The van der Waals surface area contributed by atoms with Crippen molar-refractivity contribution in [2.45, 2.75) is 13.1 Å². The summed E-state index contributed by atoms with van der Waals surface area (Å²) in [6.45, 7) is 0.337. The molecule has 0 aliphatic heterocycles. The maximum Gasteiger partial charge on any atom is 0.422 e.